The van der Waals surface area contributed by atoms with Gasteiger partial charge in [0.15, 0.2) is 5.78 Å². The fourth-order valence-electron chi connectivity index (χ4n) is 3.16. The molecule has 0 amide bonds. The van der Waals surface area contributed by atoms with Crippen molar-refractivity contribution in [3.8, 4) is 0 Å². The van der Waals surface area contributed by atoms with E-state index in [0.717, 1.165) is 28.8 Å². The molecular formula is C17H24BrNO. The normalized spacial score (nSPS) is 22.7. The van der Waals surface area contributed by atoms with Crippen molar-refractivity contribution < 1.29 is 4.79 Å². The number of carbonyl (C=O) groups is 1. The summed E-state index contributed by atoms with van der Waals surface area (Å²) in [5, 5.41) is 0. The molecule has 0 aromatic heterocycles. The first-order chi connectivity index (χ1) is 9.61. The summed E-state index contributed by atoms with van der Waals surface area (Å²) in [5.74, 6) is 1.33. The zero-order chi connectivity index (χ0) is 14.5. The van der Waals surface area contributed by atoms with Crippen LogP contribution in [0.25, 0.3) is 0 Å². The molecule has 0 aliphatic heterocycles. The first-order valence-corrected chi connectivity index (χ1v) is 8.50. The van der Waals surface area contributed by atoms with Crippen LogP contribution in [-0.2, 0) is 0 Å². The van der Waals surface area contributed by atoms with Gasteiger partial charge in [0.1, 0.15) is 0 Å². The van der Waals surface area contributed by atoms with Crippen LogP contribution in [0.3, 0.4) is 0 Å². The molecule has 0 radical (unpaired) electrons. The molecule has 2 rings (SSSR count). The van der Waals surface area contributed by atoms with Crippen LogP contribution in [-0.4, -0.2) is 5.78 Å². The highest BCUT2D eigenvalue weighted by Crippen LogP contribution is 2.35. The maximum atomic E-state index is 12.6. The van der Waals surface area contributed by atoms with Crippen molar-refractivity contribution >= 4 is 27.4 Å². The molecule has 110 valence electrons. The lowest BCUT2D eigenvalue weighted by molar-refractivity contribution is 0.0868. The Morgan fingerprint density at radius 3 is 2.60 bits per heavy atom. The van der Waals surface area contributed by atoms with E-state index in [-0.39, 0.29) is 11.7 Å². The molecule has 2 N–H and O–H groups in total. The summed E-state index contributed by atoms with van der Waals surface area (Å²) in [6.07, 6.45) is 8.45. The lowest BCUT2D eigenvalue weighted by Crippen LogP contribution is -2.22. The van der Waals surface area contributed by atoms with Crippen LogP contribution < -0.4 is 5.73 Å². The summed E-state index contributed by atoms with van der Waals surface area (Å²) in [5.41, 5.74) is 7.21. The molecule has 1 aliphatic rings. The Morgan fingerprint density at radius 1 is 1.30 bits per heavy atom. The zero-order valence-corrected chi connectivity index (χ0v) is 13.8. The number of anilines is 1. The van der Waals surface area contributed by atoms with Gasteiger partial charge in [-0.05, 0) is 65.7 Å². The first kappa shape index (κ1) is 15.6. The minimum Gasteiger partial charge on any atom is -0.399 e. The minimum atomic E-state index is 0.202. The van der Waals surface area contributed by atoms with Crippen molar-refractivity contribution in [1.82, 2.24) is 0 Å². The largest absolute Gasteiger partial charge is 0.399 e. The van der Waals surface area contributed by atoms with Gasteiger partial charge in [0.2, 0.25) is 0 Å². The number of halogens is 1. The number of rotatable bonds is 5. The summed E-state index contributed by atoms with van der Waals surface area (Å²) in [7, 11) is 0. The van der Waals surface area contributed by atoms with Crippen LogP contribution in [0.4, 0.5) is 5.69 Å². The van der Waals surface area contributed by atoms with Gasteiger partial charge in [0.25, 0.3) is 0 Å². The number of hydrogen-bond acceptors (Lipinski definition) is 2. The van der Waals surface area contributed by atoms with Gasteiger partial charge in [-0.3, -0.25) is 4.79 Å². The van der Waals surface area contributed by atoms with E-state index >= 15 is 0 Å². The van der Waals surface area contributed by atoms with Crippen LogP contribution in [0.1, 0.15) is 62.2 Å². The molecule has 1 fully saturated rings. The van der Waals surface area contributed by atoms with E-state index < -0.39 is 0 Å². The minimum absolute atomic E-state index is 0.202. The molecule has 0 saturated heterocycles. The van der Waals surface area contributed by atoms with Gasteiger partial charge in [0, 0.05) is 21.6 Å². The Kier molecular flexibility index (Phi) is 5.64. The van der Waals surface area contributed by atoms with E-state index in [2.05, 4.69) is 22.9 Å². The maximum absolute atomic E-state index is 12.6. The smallest absolute Gasteiger partial charge is 0.167 e. The lowest BCUT2D eigenvalue weighted by Gasteiger charge is -2.27. The van der Waals surface area contributed by atoms with E-state index in [1.165, 1.54) is 32.1 Å². The average molecular weight is 338 g/mol. The summed E-state index contributed by atoms with van der Waals surface area (Å²) < 4.78 is 0.829. The third-order valence-corrected chi connectivity index (χ3v) is 5.10. The molecule has 1 aromatic rings. The monoisotopic (exact) mass is 337 g/mol. The Labute approximate surface area is 130 Å². The number of nitrogen functional groups attached to an aromatic ring is 1. The number of nitrogens with two attached hydrogens (primary N) is 1. The number of ketones is 1. The fraction of sp³-hybridized carbons (Fsp3) is 0.588. The summed E-state index contributed by atoms with van der Waals surface area (Å²) in [6.45, 7) is 2.24. The third kappa shape index (κ3) is 3.85. The molecular weight excluding hydrogens is 314 g/mol. The van der Waals surface area contributed by atoms with E-state index in [9.17, 15) is 4.79 Å². The molecule has 1 aromatic carbocycles. The van der Waals surface area contributed by atoms with Gasteiger partial charge in [-0.15, -0.1) is 0 Å². The van der Waals surface area contributed by atoms with E-state index in [0.29, 0.717) is 5.69 Å². The maximum Gasteiger partial charge on any atom is 0.167 e. The van der Waals surface area contributed by atoms with Crippen molar-refractivity contribution in [2.24, 2.45) is 11.8 Å². The molecule has 1 saturated carbocycles. The number of benzene rings is 1. The van der Waals surface area contributed by atoms with Gasteiger partial charge in [-0.2, -0.15) is 0 Å². The lowest BCUT2D eigenvalue weighted by atomic mass is 9.77. The second-order valence-electron chi connectivity index (χ2n) is 5.96. The molecule has 0 spiro atoms. The van der Waals surface area contributed by atoms with Gasteiger partial charge in [-0.1, -0.05) is 26.2 Å². The van der Waals surface area contributed by atoms with E-state index in [1.807, 2.05) is 18.2 Å². The van der Waals surface area contributed by atoms with Crippen LogP contribution >= 0.6 is 15.9 Å². The number of hydrogen-bond donors (Lipinski definition) is 1. The quantitative estimate of drug-likeness (QED) is 0.591. The molecule has 20 heavy (non-hydrogen) atoms. The Balaban J connectivity index is 1.94. The van der Waals surface area contributed by atoms with Gasteiger partial charge in [-0.25, -0.2) is 0 Å². The van der Waals surface area contributed by atoms with Gasteiger partial charge < -0.3 is 5.73 Å². The number of Topliss-reactive ketones (excluding diaryl/α,β-unsaturated/α-hetero) is 1. The van der Waals surface area contributed by atoms with Crippen LogP contribution in [0, 0.1) is 11.8 Å². The fourth-order valence-corrected chi connectivity index (χ4v) is 3.75. The van der Waals surface area contributed by atoms with Crippen LogP contribution in [0.5, 0.6) is 0 Å². The number of unbranched alkanes of at least 4 members (excludes halogenated alkanes) is 1. The van der Waals surface area contributed by atoms with Crippen molar-refractivity contribution in [1.29, 1.82) is 0 Å². The third-order valence-electron chi connectivity index (χ3n) is 4.44. The average Bonchev–Trinajstić information content (AvgIpc) is 2.45. The first-order valence-electron chi connectivity index (χ1n) is 7.71. The Bertz CT molecular complexity index is 464. The Hall–Kier alpha value is -0.830. The molecule has 0 bridgehead atoms. The van der Waals surface area contributed by atoms with Crippen molar-refractivity contribution in [2.45, 2.75) is 51.9 Å². The van der Waals surface area contributed by atoms with Crippen molar-refractivity contribution in [2.75, 3.05) is 5.73 Å². The van der Waals surface area contributed by atoms with Crippen molar-refractivity contribution in [3.63, 3.8) is 0 Å². The molecule has 1 aliphatic carbocycles. The van der Waals surface area contributed by atoms with Crippen LogP contribution in [0.2, 0.25) is 0 Å². The summed E-state index contributed by atoms with van der Waals surface area (Å²) in [6, 6.07) is 5.48. The molecule has 0 unspecified atom stereocenters. The number of carbonyl (C=O) groups excluding carboxylic acids is 1. The zero-order valence-electron chi connectivity index (χ0n) is 12.2. The standard InChI is InChI=1S/C17H24BrNO/c1-2-3-4-12-5-7-13(8-6-12)17(20)15-10-9-14(19)11-16(15)18/h9-13H,2-8,19H2,1H3. The molecule has 0 atom stereocenters. The van der Waals surface area contributed by atoms with Crippen LogP contribution in [0.15, 0.2) is 22.7 Å². The Morgan fingerprint density at radius 2 is 2.00 bits per heavy atom. The molecule has 3 heteroatoms. The highest BCUT2D eigenvalue weighted by atomic mass is 79.9. The van der Waals surface area contributed by atoms with E-state index in [4.69, 9.17) is 5.73 Å². The molecule has 2 nitrogen and oxygen atoms in total. The second-order valence-corrected chi connectivity index (χ2v) is 6.82. The SMILES string of the molecule is CCCCC1CCC(C(=O)c2ccc(N)cc2Br)CC1. The predicted molar refractivity (Wildman–Crippen MR) is 87.9 cm³/mol. The topological polar surface area (TPSA) is 43.1 Å². The highest BCUT2D eigenvalue weighted by Gasteiger charge is 2.27. The predicted octanol–water partition coefficient (Wildman–Crippen LogP) is 5.21. The highest BCUT2D eigenvalue weighted by molar-refractivity contribution is 9.10. The van der Waals surface area contributed by atoms with Gasteiger partial charge >= 0.3 is 0 Å². The second kappa shape index (κ2) is 7.26. The van der Waals surface area contributed by atoms with Crippen molar-refractivity contribution in [3.05, 3.63) is 28.2 Å². The van der Waals surface area contributed by atoms with Gasteiger partial charge in [0.05, 0.1) is 0 Å². The molecule has 0 heterocycles. The summed E-state index contributed by atoms with van der Waals surface area (Å²) >= 11 is 3.46. The summed E-state index contributed by atoms with van der Waals surface area (Å²) in [4.78, 5) is 12.6. The van der Waals surface area contributed by atoms with E-state index in [1.54, 1.807) is 0 Å².